The first-order valence-electron chi connectivity index (χ1n) is 13.6. The van der Waals surface area contributed by atoms with Gasteiger partial charge in [0.2, 0.25) is 5.91 Å². The summed E-state index contributed by atoms with van der Waals surface area (Å²) in [5.41, 5.74) is 3.91. The summed E-state index contributed by atoms with van der Waals surface area (Å²) in [6.45, 7) is 6.78. The van der Waals surface area contributed by atoms with Gasteiger partial charge in [0.1, 0.15) is 0 Å². The van der Waals surface area contributed by atoms with E-state index in [1.54, 1.807) is 11.0 Å². The standard InChI is InChI=1S/C32H34F3N3O2/c1-31(2,3)37-30(40)38-15-14-25-24(21-10-7-11-23(16-21)32(33,34)35)13-12-22(28(25)19-38)18-36-29(39)27-17-26(27)20-8-5-4-6-9-20/h4-13,16,26-27H,14-15,17-19H2,1-3H3,(H,36,39)(H,37,40). The molecule has 5 rings (SSSR count). The summed E-state index contributed by atoms with van der Waals surface area (Å²) in [7, 11) is 0. The molecular formula is C32H34F3N3O2. The molecule has 2 atom stereocenters. The van der Waals surface area contributed by atoms with Gasteiger partial charge in [-0.05, 0) is 85.0 Å². The zero-order valence-electron chi connectivity index (χ0n) is 22.9. The van der Waals surface area contributed by atoms with E-state index in [-0.39, 0.29) is 30.3 Å². The molecular weight excluding hydrogens is 515 g/mol. The normalized spacial score (nSPS) is 18.6. The van der Waals surface area contributed by atoms with Crippen LogP contribution in [0.4, 0.5) is 18.0 Å². The van der Waals surface area contributed by atoms with Crippen molar-refractivity contribution in [2.45, 2.75) is 64.3 Å². The second-order valence-corrected chi connectivity index (χ2v) is 11.7. The van der Waals surface area contributed by atoms with Gasteiger partial charge in [-0.2, -0.15) is 13.2 Å². The predicted molar refractivity (Wildman–Crippen MR) is 148 cm³/mol. The first-order valence-corrected chi connectivity index (χ1v) is 13.6. The van der Waals surface area contributed by atoms with E-state index in [1.807, 2.05) is 63.2 Å². The number of alkyl halides is 3. The zero-order chi connectivity index (χ0) is 28.7. The van der Waals surface area contributed by atoms with Gasteiger partial charge in [-0.25, -0.2) is 4.79 Å². The monoisotopic (exact) mass is 549 g/mol. The van der Waals surface area contributed by atoms with Crippen molar-refractivity contribution in [2.24, 2.45) is 5.92 Å². The molecule has 0 bridgehead atoms. The van der Waals surface area contributed by atoms with Crippen LogP contribution in [0, 0.1) is 5.92 Å². The molecule has 2 N–H and O–H groups in total. The van der Waals surface area contributed by atoms with Crippen molar-refractivity contribution in [1.29, 1.82) is 0 Å². The van der Waals surface area contributed by atoms with Gasteiger partial charge < -0.3 is 15.5 Å². The van der Waals surface area contributed by atoms with E-state index < -0.39 is 17.3 Å². The molecule has 8 heteroatoms. The second-order valence-electron chi connectivity index (χ2n) is 11.7. The Morgan fingerprint density at radius 3 is 2.40 bits per heavy atom. The van der Waals surface area contributed by atoms with Crippen LogP contribution in [-0.4, -0.2) is 28.9 Å². The lowest BCUT2D eigenvalue weighted by atomic mass is 9.87. The van der Waals surface area contributed by atoms with Crippen LogP contribution in [0.15, 0.2) is 66.7 Å². The maximum absolute atomic E-state index is 13.5. The predicted octanol–water partition coefficient (Wildman–Crippen LogP) is 6.66. The fourth-order valence-corrected chi connectivity index (χ4v) is 5.48. The number of nitrogens with one attached hydrogen (secondary N) is 2. The molecule has 3 amide bonds. The third kappa shape index (κ3) is 6.16. The van der Waals surface area contributed by atoms with Gasteiger partial charge in [0.15, 0.2) is 0 Å². The number of hydrogen-bond acceptors (Lipinski definition) is 2. The van der Waals surface area contributed by atoms with Gasteiger partial charge >= 0.3 is 12.2 Å². The Morgan fingerprint density at radius 2 is 1.70 bits per heavy atom. The van der Waals surface area contributed by atoms with Crippen molar-refractivity contribution < 1.29 is 22.8 Å². The Balaban J connectivity index is 1.41. The van der Waals surface area contributed by atoms with Crippen LogP contribution in [-0.2, 0) is 30.5 Å². The van der Waals surface area contributed by atoms with Crippen LogP contribution >= 0.6 is 0 Å². The lowest BCUT2D eigenvalue weighted by Crippen LogP contribution is -2.50. The van der Waals surface area contributed by atoms with Crippen LogP contribution in [0.25, 0.3) is 11.1 Å². The van der Waals surface area contributed by atoms with Gasteiger partial charge in [0.25, 0.3) is 0 Å². The molecule has 3 aromatic carbocycles. The molecule has 1 heterocycles. The minimum Gasteiger partial charge on any atom is -0.352 e. The lowest BCUT2D eigenvalue weighted by Gasteiger charge is -2.34. The van der Waals surface area contributed by atoms with Crippen molar-refractivity contribution in [3.8, 4) is 11.1 Å². The maximum atomic E-state index is 13.5. The number of carbonyl (C=O) groups is 2. The van der Waals surface area contributed by atoms with Crippen LogP contribution in [0.2, 0.25) is 0 Å². The van der Waals surface area contributed by atoms with Crippen LogP contribution in [0.1, 0.15) is 60.9 Å². The molecule has 2 aliphatic rings. The van der Waals surface area contributed by atoms with E-state index >= 15 is 0 Å². The molecule has 0 spiro atoms. The number of rotatable bonds is 5. The summed E-state index contributed by atoms with van der Waals surface area (Å²) < 4.78 is 40.4. The highest BCUT2D eigenvalue weighted by Gasteiger charge is 2.43. The van der Waals surface area contributed by atoms with Gasteiger partial charge in [0, 0.05) is 31.1 Å². The smallest absolute Gasteiger partial charge is 0.352 e. The van der Waals surface area contributed by atoms with Gasteiger partial charge in [-0.3, -0.25) is 4.79 Å². The fraction of sp³-hybridized carbons (Fsp3) is 0.375. The number of carbonyl (C=O) groups excluding carboxylic acids is 2. The summed E-state index contributed by atoms with van der Waals surface area (Å²) in [4.78, 5) is 27.7. The van der Waals surface area contributed by atoms with E-state index in [2.05, 4.69) is 10.6 Å². The molecule has 5 nitrogen and oxygen atoms in total. The van der Waals surface area contributed by atoms with Gasteiger partial charge in [-0.1, -0.05) is 54.6 Å². The number of halogens is 3. The number of nitrogens with zero attached hydrogens (tertiary/aromatic N) is 1. The van der Waals surface area contributed by atoms with E-state index in [1.165, 1.54) is 12.1 Å². The maximum Gasteiger partial charge on any atom is 0.416 e. The third-order valence-electron chi connectivity index (χ3n) is 7.59. The molecule has 0 saturated heterocycles. The molecule has 0 radical (unpaired) electrons. The highest BCUT2D eigenvalue weighted by Crippen LogP contribution is 2.47. The highest BCUT2D eigenvalue weighted by atomic mass is 19.4. The lowest BCUT2D eigenvalue weighted by molar-refractivity contribution is -0.137. The Bertz CT molecular complexity index is 1410. The van der Waals surface area contributed by atoms with E-state index in [4.69, 9.17) is 0 Å². The SMILES string of the molecule is CC(C)(C)NC(=O)N1CCc2c(-c3cccc(C(F)(F)F)c3)ccc(CNC(=O)C3CC3c3ccccc3)c2C1. The molecule has 1 aliphatic carbocycles. The summed E-state index contributed by atoms with van der Waals surface area (Å²) in [5.74, 6) is 0.134. The van der Waals surface area contributed by atoms with E-state index in [9.17, 15) is 22.8 Å². The van der Waals surface area contributed by atoms with Crippen molar-refractivity contribution >= 4 is 11.9 Å². The average molecular weight is 550 g/mol. The molecule has 3 aromatic rings. The summed E-state index contributed by atoms with van der Waals surface area (Å²) in [5, 5.41) is 6.07. The number of benzene rings is 3. The number of fused-ring (bicyclic) bond motifs is 1. The quantitative estimate of drug-likeness (QED) is 0.374. The fourth-order valence-electron chi connectivity index (χ4n) is 5.48. The molecule has 210 valence electrons. The number of hydrogen-bond donors (Lipinski definition) is 2. The van der Waals surface area contributed by atoms with Crippen LogP contribution in [0.3, 0.4) is 0 Å². The molecule has 2 unspecified atom stereocenters. The topological polar surface area (TPSA) is 61.4 Å². The molecule has 1 saturated carbocycles. The van der Waals surface area contributed by atoms with Crippen molar-refractivity contribution in [2.75, 3.05) is 6.54 Å². The summed E-state index contributed by atoms with van der Waals surface area (Å²) >= 11 is 0. The van der Waals surface area contributed by atoms with Crippen LogP contribution in [0.5, 0.6) is 0 Å². The second kappa shape index (κ2) is 10.6. The third-order valence-corrected chi connectivity index (χ3v) is 7.59. The molecule has 1 aliphatic heterocycles. The molecule has 0 aromatic heterocycles. The van der Waals surface area contributed by atoms with Crippen molar-refractivity contribution in [1.82, 2.24) is 15.5 Å². The largest absolute Gasteiger partial charge is 0.416 e. The molecule has 1 fully saturated rings. The van der Waals surface area contributed by atoms with E-state index in [0.29, 0.717) is 25.1 Å². The molecule has 40 heavy (non-hydrogen) atoms. The van der Waals surface area contributed by atoms with Gasteiger partial charge in [-0.15, -0.1) is 0 Å². The first-order chi connectivity index (χ1) is 18.9. The Kier molecular flexibility index (Phi) is 7.38. The highest BCUT2D eigenvalue weighted by molar-refractivity contribution is 5.83. The minimum absolute atomic E-state index is 0.0114. The summed E-state index contributed by atoms with van der Waals surface area (Å²) in [6, 6.07) is 18.8. The van der Waals surface area contributed by atoms with Crippen LogP contribution < -0.4 is 10.6 Å². The van der Waals surface area contributed by atoms with Gasteiger partial charge in [0.05, 0.1) is 5.56 Å². The van der Waals surface area contributed by atoms with Crippen molar-refractivity contribution in [3.63, 3.8) is 0 Å². The zero-order valence-corrected chi connectivity index (χ0v) is 22.9. The Morgan fingerprint density at radius 1 is 0.950 bits per heavy atom. The van der Waals surface area contributed by atoms with E-state index in [0.717, 1.165) is 40.3 Å². The average Bonchev–Trinajstić information content (AvgIpc) is 3.72. The number of urea groups is 1. The first kappa shape index (κ1) is 27.7. The minimum atomic E-state index is -4.44. The van der Waals surface area contributed by atoms with Crippen molar-refractivity contribution in [3.05, 3.63) is 94.5 Å². The Labute approximate surface area is 232 Å². The summed E-state index contributed by atoms with van der Waals surface area (Å²) in [6.07, 6.45) is -3.13. The number of amides is 3. The Hall–Kier alpha value is -3.81.